The Kier molecular flexibility index (Phi) is 6.09. The average molecular weight is 266 g/mol. The smallest absolute Gasteiger partial charge is 0.115 e. The van der Waals surface area contributed by atoms with Crippen molar-refractivity contribution in [1.82, 2.24) is 4.90 Å². The van der Waals surface area contributed by atoms with Gasteiger partial charge in [0.05, 0.1) is 11.0 Å². The van der Waals surface area contributed by atoms with Crippen LogP contribution in [0, 0.1) is 0 Å². The molecule has 0 fully saturated rings. The van der Waals surface area contributed by atoms with Crippen LogP contribution in [0.25, 0.3) is 0 Å². The van der Waals surface area contributed by atoms with Gasteiger partial charge in [-0.1, -0.05) is 44.6 Å². The first-order chi connectivity index (χ1) is 8.60. The zero-order valence-electron chi connectivity index (χ0n) is 11.1. The van der Waals surface area contributed by atoms with Gasteiger partial charge < -0.3 is 10.8 Å². The van der Waals surface area contributed by atoms with E-state index in [4.69, 9.17) is 18.0 Å². The van der Waals surface area contributed by atoms with Crippen LogP contribution in [0.3, 0.4) is 0 Å². The van der Waals surface area contributed by atoms with Gasteiger partial charge in [-0.2, -0.15) is 0 Å². The van der Waals surface area contributed by atoms with E-state index in [2.05, 4.69) is 18.7 Å². The van der Waals surface area contributed by atoms with Gasteiger partial charge >= 0.3 is 0 Å². The number of aromatic hydroxyl groups is 1. The summed E-state index contributed by atoms with van der Waals surface area (Å²) in [6, 6.07) is 7.08. The third-order valence-electron chi connectivity index (χ3n) is 3.03. The SMILES string of the molecule is CCCCN(CC)C(C(N)=S)c1cccc(O)c1. The van der Waals surface area contributed by atoms with Crippen LogP contribution in [-0.4, -0.2) is 28.1 Å². The second-order valence-electron chi connectivity index (χ2n) is 4.38. The van der Waals surface area contributed by atoms with Crippen molar-refractivity contribution >= 4 is 17.2 Å². The maximum Gasteiger partial charge on any atom is 0.115 e. The number of unbranched alkanes of at least 4 members (excludes halogenated alkanes) is 1. The predicted molar refractivity (Wildman–Crippen MR) is 79.8 cm³/mol. The zero-order chi connectivity index (χ0) is 13.5. The van der Waals surface area contributed by atoms with Gasteiger partial charge in [-0.3, -0.25) is 4.90 Å². The van der Waals surface area contributed by atoms with Gasteiger partial charge in [0.2, 0.25) is 0 Å². The van der Waals surface area contributed by atoms with Crippen LogP contribution >= 0.6 is 12.2 Å². The molecule has 18 heavy (non-hydrogen) atoms. The van der Waals surface area contributed by atoms with Crippen molar-refractivity contribution in [3.8, 4) is 5.75 Å². The van der Waals surface area contributed by atoms with Crippen LogP contribution in [0.2, 0.25) is 0 Å². The minimum absolute atomic E-state index is 0.0938. The number of nitrogens with two attached hydrogens (primary N) is 1. The fourth-order valence-electron chi connectivity index (χ4n) is 2.08. The van der Waals surface area contributed by atoms with E-state index >= 15 is 0 Å². The molecule has 0 saturated carbocycles. The van der Waals surface area contributed by atoms with E-state index in [0.29, 0.717) is 4.99 Å². The van der Waals surface area contributed by atoms with Crippen molar-refractivity contribution < 1.29 is 5.11 Å². The molecular weight excluding hydrogens is 244 g/mol. The summed E-state index contributed by atoms with van der Waals surface area (Å²) < 4.78 is 0. The molecule has 1 aromatic rings. The number of benzene rings is 1. The maximum absolute atomic E-state index is 9.57. The lowest BCUT2D eigenvalue weighted by Crippen LogP contribution is -2.37. The van der Waals surface area contributed by atoms with E-state index in [9.17, 15) is 5.11 Å². The van der Waals surface area contributed by atoms with E-state index in [1.165, 1.54) is 0 Å². The Balaban J connectivity index is 2.97. The molecule has 0 heterocycles. The fourth-order valence-corrected chi connectivity index (χ4v) is 2.37. The zero-order valence-corrected chi connectivity index (χ0v) is 11.9. The minimum atomic E-state index is -0.0938. The lowest BCUT2D eigenvalue weighted by atomic mass is 10.0. The van der Waals surface area contributed by atoms with Crippen LogP contribution < -0.4 is 5.73 Å². The van der Waals surface area contributed by atoms with Crippen molar-refractivity contribution in [2.75, 3.05) is 13.1 Å². The number of likely N-dealkylation sites (N-methyl/N-ethyl adjacent to an activating group) is 1. The van der Waals surface area contributed by atoms with Crippen molar-refractivity contribution in [3.63, 3.8) is 0 Å². The van der Waals surface area contributed by atoms with Crippen molar-refractivity contribution in [3.05, 3.63) is 29.8 Å². The largest absolute Gasteiger partial charge is 0.508 e. The second-order valence-corrected chi connectivity index (χ2v) is 4.85. The summed E-state index contributed by atoms with van der Waals surface area (Å²) in [6.07, 6.45) is 2.26. The molecule has 1 atom stereocenters. The van der Waals surface area contributed by atoms with Gasteiger partial charge in [0, 0.05) is 0 Å². The summed E-state index contributed by atoms with van der Waals surface area (Å²) in [5, 5.41) is 9.57. The normalized spacial score (nSPS) is 12.6. The fraction of sp³-hybridized carbons (Fsp3) is 0.500. The molecule has 0 radical (unpaired) electrons. The van der Waals surface area contributed by atoms with Crippen LogP contribution in [0.1, 0.15) is 38.3 Å². The van der Waals surface area contributed by atoms with E-state index in [1.807, 2.05) is 12.1 Å². The summed E-state index contributed by atoms with van der Waals surface area (Å²) in [6.45, 7) is 6.12. The summed E-state index contributed by atoms with van der Waals surface area (Å²) in [7, 11) is 0. The molecule has 4 heteroatoms. The number of nitrogens with zero attached hydrogens (tertiary/aromatic N) is 1. The topological polar surface area (TPSA) is 49.5 Å². The monoisotopic (exact) mass is 266 g/mol. The number of hydrogen-bond donors (Lipinski definition) is 2. The van der Waals surface area contributed by atoms with E-state index < -0.39 is 0 Å². The first-order valence-corrected chi connectivity index (χ1v) is 6.83. The minimum Gasteiger partial charge on any atom is -0.508 e. The third-order valence-corrected chi connectivity index (χ3v) is 3.25. The Bertz CT molecular complexity index is 395. The Hall–Kier alpha value is -1.13. The van der Waals surface area contributed by atoms with Gasteiger partial charge in [-0.15, -0.1) is 0 Å². The molecule has 1 aromatic carbocycles. The Morgan fingerprint density at radius 2 is 2.17 bits per heavy atom. The molecule has 0 spiro atoms. The highest BCUT2D eigenvalue weighted by molar-refractivity contribution is 7.80. The van der Waals surface area contributed by atoms with E-state index in [0.717, 1.165) is 31.5 Å². The standard InChI is InChI=1S/C14H22N2OS/c1-3-5-9-16(4-2)13(14(15)18)11-7-6-8-12(17)10-11/h6-8,10,13,17H,3-5,9H2,1-2H3,(H2,15,18). The van der Waals surface area contributed by atoms with Gasteiger partial charge in [-0.25, -0.2) is 0 Å². The molecule has 0 aromatic heterocycles. The first-order valence-electron chi connectivity index (χ1n) is 6.42. The lowest BCUT2D eigenvalue weighted by molar-refractivity contribution is 0.253. The van der Waals surface area contributed by atoms with Crippen LogP contribution in [0.15, 0.2) is 24.3 Å². The molecule has 3 N–H and O–H groups in total. The van der Waals surface area contributed by atoms with Crippen molar-refractivity contribution in [2.45, 2.75) is 32.7 Å². The van der Waals surface area contributed by atoms with E-state index in [1.54, 1.807) is 12.1 Å². The number of rotatable bonds is 7. The average Bonchev–Trinajstić information content (AvgIpc) is 2.33. The summed E-state index contributed by atoms with van der Waals surface area (Å²) in [4.78, 5) is 2.71. The van der Waals surface area contributed by atoms with Crippen LogP contribution in [-0.2, 0) is 0 Å². The van der Waals surface area contributed by atoms with Gasteiger partial charge in [-0.05, 0) is 37.2 Å². The molecular formula is C14H22N2OS. The first kappa shape index (κ1) is 14.9. The predicted octanol–water partition coefficient (Wildman–Crippen LogP) is 2.84. The van der Waals surface area contributed by atoms with Crippen LogP contribution in [0.5, 0.6) is 5.75 Å². The molecule has 3 nitrogen and oxygen atoms in total. The molecule has 0 aliphatic rings. The molecule has 0 bridgehead atoms. The van der Waals surface area contributed by atoms with E-state index in [-0.39, 0.29) is 11.8 Å². The second kappa shape index (κ2) is 7.34. The highest BCUT2D eigenvalue weighted by atomic mass is 32.1. The number of hydrogen-bond acceptors (Lipinski definition) is 3. The molecule has 0 aliphatic carbocycles. The Morgan fingerprint density at radius 3 is 2.67 bits per heavy atom. The molecule has 1 rings (SSSR count). The number of thiocarbonyl (C=S) groups is 1. The maximum atomic E-state index is 9.57. The van der Waals surface area contributed by atoms with Gasteiger partial charge in [0.1, 0.15) is 5.75 Å². The highest BCUT2D eigenvalue weighted by Crippen LogP contribution is 2.24. The number of phenols is 1. The lowest BCUT2D eigenvalue weighted by Gasteiger charge is -2.30. The summed E-state index contributed by atoms with van der Waals surface area (Å²) in [5.74, 6) is 0.250. The molecule has 100 valence electrons. The summed E-state index contributed by atoms with van der Waals surface area (Å²) >= 11 is 5.19. The molecule has 1 unspecified atom stereocenters. The van der Waals surface area contributed by atoms with Crippen LogP contribution in [0.4, 0.5) is 0 Å². The Morgan fingerprint density at radius 1 is 1.44 bits per heavy atom. The molecule has 0 saturated heterocycles. The third kappa shape index (κ3) is 3.96. The Labute approximate surface area is 115 Å². The quantitative estimate of drug-likeness (QED) is 0.745. The highest BCUT2D eigenvalue weighted by Gasteiger charge is 2.21. The molecule has 0 aliphatic heterocycles. The van der Waals surface area contributed by atoms with Crippen molar-refractivity contribution in [1.29, 1.82) is 0 Å². The summed E-state index contributed by atoms with van der Waals surface area (Å²) in [5.41, 5.74) is 6.83. The number of phenolic OH excluding ortho intramolecular Hbond substituents is 1. The van der Waals surface area contributed by atoms with Crippen molar-refractivity contribution in [2.24, 2.45) is 5.73 Å². The van der Waals surface area contributed by atoms with Gasteiger partial charge in [0.15, 0.2) is 0 Å². The molecule has 0 amide bonds. The van der Waals surface area contributed by atoms with Gasteiger partial charge in [0.25, 0.3) is 0 Å².